The Labute approximate surface area is 180 Å². The van der Waals surface area contributed by atoms with Gasteiger partial charge in [0.1, 0.15) is 5.82 Å². The van der Waals surface area contributed by atoms with Gasteiger partial charge >= 0.3 is 0 Å². The minimum Gasteiger partial charge on any atom is -0.397 e. The topological polar surface area (TPSA) is 84.2 Å². The van der Waals surface area contributed by atoms with E-state index in [0.29, 0.717) is 28.1 Å². The Balaban J connectivity index is 1.85. The SMILES string of the molecule is CC(C)NC(=O)/C(=C/c1ccc(C(=O)Nc2ccccc2N)cc1)c1ccc(F)cc1. The van der Waals surface area contributed by atoms with Crippen LogP contribution in [0.3, 0.4) is 0 Å². The molecule has 0 radical (unpaired) electrons. The molecule has 0 bridgehead atoms. The number of para-hydroxylation sites is 2. The molecule has 0 saturated heterocycles. The lowest BCUT2D eigenvalue weighted by atomic mass is 10.0. The highest BCUT2D eigenvalue weighted by Crippen LogP contribution is 2.21. The molecule has 4 N–H and O–H groups in total. The van der Waals surface area contributed by atoms with Crippen LogP contribution in [0.15, 0.2) is 72.8 Å². The molecule has 0 fully saturated rings. The third-order valence-electron chi connectivity index (χ3n) is 4.51. The molecule has 158 valence electrons. The molecular formula is C25H24FN3O2. The summed E-state index contributed by atoms with van der Waals surface area (Å²) in [6, 6.07) is 19.6. The van der Waals surface area contributed by atoms with Gasteiger partial charge in [-0.3, -0.25) is 9.59 Å². The highest BCUT2D eigenvalue weighted by atomic mass is 19.1. The van der Waals surface area contributed by atoms with E-state index in [0.717, 1.165) is 5.56 Å². The number of halogens is 1. The van der Waals surface area contributed by atoms with Crippen LogP contribution in [0.5, 0.6) is 0 Å². The summed E-state index contributed by atoms with van der Waals surface area (Å²) in [4.78, 5) is 25.2. The molecule has 0 aliphatic carbocycles. The van der Waals surface area contributed by atoms with Crippen LogP contribution in [-0.2, 0) is 4.79 Å². The number of nitrogen functional groups attached to an aromatic ring is 1. The van der Waals surface area contributed by atoms with E-state index in [1.165, 1.54) is 12.1 Å². The molecule has 6 heteroatoms. The normalized spacial score (nSPS) is 11.3. The number of rotatable bonds is 6. The first-order valence-corrected chi connectivity index (χ1v) is 9.88. The van der Waals surface area contributed by atoms with E-state index in [-0.39, 0.29) is 23.7 Å². The van der Waals surface area contributed by atoms with E-state index in [2.05, 4.69) is 10.6 Å². The van der Waals surface area contributed by atoms with E-state index in [1.807, 2.05) is 13.8 Å². The van der Waals surface area contributed by atoms with Crippen molar-refractivity contribution in [2.45, 2.75) is 19.9 Å². The van der Waals surface area contributed by atoms with Gasteiger partial charge in [-0.05, 0) is 67.4 Å². The minimum atomic E-state index is -0.373. The van der Waals surface area contributed by atoms with Crippen molar-refractivity contribution >= 4 is 34.8 Å². The molecule has 0 spiro atoms. The molecule has 0 heterocycles. The van der Waals surface area contributed by atoms with Gasteiger partial charge in [0.25, 0.3) is 11.8 Å². The average Bonchev–Trinajstić information content (AvgIpc) is 2.74. The fraction of sp³-hybridized carbons (Fsp3) is 0.120. The quantitative estimate of drug-likeness (QED) is 0.308. The molecule has 0 saturated carbocycles. The number of hydrogen-bond acceptors (Lipinski definition) is 3. The van der Waals surface area contributed by atoms with Crippen LogP contribution < -0.4 is 16.4 Å². The summed E-state index contributed by atoms with van der Waals surface area (Å²) in [6.45, 7) is 3.74. The van der Waals surface area contributed by atoms with Crippen LogP contribution in [0.2, 0.25) is 0 Å². The molecule has 3 aromatic carbocycles. The summed E-state index contributed by atoms with van der Waals surface area (Å²) < 4.78 is 13.3. The number of benzene rings is 3. The summed E-state index contributed by atoms with van der Waals surface area (Å²) in [6.07, 6.45) is 1.71. The molecule has 5 nitrogen and oxygen atoms in total. The molecular weight excluding hydrogens is 393 g/mol. The fourth-order valence-electron chi connectivity index (χ4n) is 2.95. The summed E-state index contributed by atoms with van der Waals surface area (Å²) in [5.41, 5.74) is 9.08. The molecule has 0 aliphatic heterocycles. The zero-order valence-corrected chi connectivity index (χ0v) is 17.4. The van der Waals surface area contributed by atoms with Crippen molar-refractivity contribution in [2.24, 2.45) is 0 Å². The maximum absolute atomic E-state index is 13.3. The standard InChI is InChI=1S/C25H24FN3O2/c1-16(2)28-25(31)21(18-11-13-20(26)14-12-18)15-17-7-9-19(10-8-17)24(30)29-23-6-4-3-5-22(23)27/h3-16H,27H2,1-2H3,(H,28,31)(H,29,30)/b21-15+. The van der Waals surface area contributed by atoms with Crippen LogP contribution in [-0.4, -0.2) is 17.9 Å². The van der Waals surface area contributed by atoms with Gasteiger partial charge in [0, 0.05) is 17.2 Å². The van der Waals surface area contributed by atoms with Crippen LogP contribution in [0, 0.1) is 5.82 Å². The van der Waals surface area contributed by atoms with E-state index >= 15 is 0 Å². The Bertz CT molecular complexity index is 1100. The lowest BCUT2D eigenvalue weighted by Gasteiger charge is -2.12. The smallest absolute Gasteiger partial charge is 0.255 e. The average molecular weight is 417 g/mol. The Morgan fingerprint density at radius 3 is 2.13 bits per heavy atom. The van der Waals surface area contributed by atoms with Gasteiger partial charge < -0.3 is 16.4 Å². The van der Waals surface area contributed by atoms with Gasteiger partial charge in [-0.2, -0.15) is 0 Å². The Kier molecular flexibility index (Phi) is 6.82. The zero-order chi connectivity index (χ0) is 22.4. The van der Waals surface area contributed by atoms with Crippen LogP contribution in [0.1, 0.15) is 35.3 Å². The lowest BCUT2D eigenvalue weighted by molar-refractivity contribution is -0.116. The van der Waals surface area contributed by atoms with Crippen molar-refractivity contribution < 1.29 is 14.0 Å². The predicted octanol–water partition coefficient (Wildman–Crippen LogP) is 4.73. The van der Waals surface area contributed by atoms with E-state index in [1.54, 1.807) is 66.7 Å². The van der Waals surface area contributed by atoms with E-state index in [4.69, 9.17) is 5.73 Å². The second kappa shape index (κ2) is 9.71. The summed E-state index contributed by atoms with van der Waals surface area (Å²) in [5, 5.41) is 5.64. The number of amides is 2. The predicted molar refractivity (Wildman–Crippen MR) is 123 cm³/mol. The summed E-state index contributed by atoms with van der Waals surface area (Å²) >= 11 is 0. The van der Waals surface area contributed by atoms with E-state index < -0.39 is 0 Å². The Morgan fingerprint density at radius 2 is 1.52 bits per heavy atom. The van der Waals surface area contributed by atoms with Crippen LogP contribution in [0.4, 0.5) is 15.8 Å². The second-order valence-corrected chi connectivity index (χ2v) is 7.36. The maximum Gasteiger partial charge on any atom is 0.255 e. The Morgan fingerprint density at radius 1 is 0.903 bits per heavy atom. The van der Waals surface area contributed by atoms with Gasteiger partial charge in [-0.1, -0.05) is 36.4 Å². The molecule has 3 rings (SSSR count). The molecule has 0 aliphatic rings. The lowest BCUT2D eigenvalue weighted by Crippen LogP contribution is -2.30. The van der Waals surface area contributed by atoms with Gasteiger partial charge in [-0.25, -0.2) is 4.39 Å². The fourth-order valence-corrected chi connectivity index (χ4v) is 2.95. The van der Waals surface area contributed by atoms with Crippen LogP contribution in [0.25, 0.3) is 11.6 Å². The van der Waals surface area contributed by atoms with Crippen molar-refractivity contribution in [3.63, 3.8) is 0 Å². The maximum atomic E-state index is 13.3. The third kappa shape index (κ3) is 5.79. The number of nitrogens with one attached hydrogen (secondary N) is 2. The first kappa shape index (κ1) is 21.8. The van der Waals surface area contributed by atoms with Crippen molar-refractivity contribution in [1.82, 2.24) is 5.32 Å². The van der Waals surface area contributed by atoms with Crippen molar-refractivity contribution in [1.29, 1.82) is 0 Å². The first-order chi connectivity index (χ1) is 14.8. The Hall–Kier alpha value is -3.93. The highest BCUT2D eigenvalue weighted by molar-refractivity contribution is 6.24. The van der Waals surface area contributed by atoms with Crippen molar-refractivity contribution in [2.75, 3.05) is 11.1 Å². The van der Waals surface area contributed by atoms with Crippen LogP contribution >= 0.6 is 0 Å². The van der Waals surface area contributed by atoms with Gasteiger partial charge in [0.2, 0.25) is 0 Å². The molecule has 0 atom stereocenters. The highest BCUT2D eigenvalue weighted by Gasteiger charge is 2.14. The number of carbonyl (C=O) groups is 2. The number of anilines is 2. The van der Waals surface area contributed by atoms with Gasteiger partial charge in [0.05, 0.1) is 11.4 Å². The van der Waals surface area contributed by atoms with Crippen molar-refractivity contribution in [3.05, 3.63) is 95.3 Å². The monoisotopic (exact) mass is 417 g/mol. The molecule has 3 aromatic rings. The zero-order valence-electron chi connectivity index (χ0n) is 17.4. The second-order valence-electron chi connectivity index (χ2n) is 7.36. The number of carbonyl (C=O) groups excluding carboxylic acids is 2. The van der Waals surface area contributed by atoms with Gasteiger partial charge in [-0.15, -0.1) is 0 Å². The number of nitrogens with two attached hydrogens (primary N) is 1. The van der Waals surface area contributed by atoms with Gasteiger partial charge in [0.15, 0.2) is 0 Å². The third-order valence-corrected chi connectivity index (χ3v) is 4.51. The largest absolute Gasteiger partial charge is 0.397 e. The molecule has 31 heavy (non-hydrogen) atoms. The minimum absolute atomic E-state index is 0.0483. The molecule has 2 amide bonds. The molecule has 0 aromatic heterocycles. The van der Waals surface area contributed by atoms with Crippen molar-refractivity contribution in [3.8, 4) is 0 Å². The summed E-state index contributed by atoms with van der Waals surface area (Å²) in [5.74, 6) is -0.922. The summed E-state index contributed by atoms with van der Waals surface area (Å²) in [7, 11) is 0. The molecule has 0 unspecified atom stereocenters. The first-order valence-electron chi connectivity index (χ1n) is 9.88. The number of hydrogen-bond donors (Lipinski definition) is 3. The van der Waals surface area contributed by atoms with E-state index in [9.17, 15) is 14.0 Å².